The third-order valence-corrected chi connectivity index (χ3v) is 6.68. The van der Waals surface area contributed by atoms with Crippen molar-refractivity contribution in [2.75, 3.05) is 31.6 Å². The monoisotopic (exact) mass is 483 g/mol. The number of hydrogen-bond donors (Lipinski definition) is 3. The minimum Gasteiger partial charge on any atom is -0.508 e. The van der Waals surface area contributed by atoms with Crippen molar-refractivity contribution < 1.29 is 14.9 Å². The molecule has 186 valence electrons. The van der Waals surface area contributed by atoms with E-state index in [0.717, 1.165) is 46.4 Å². The molecular weight excluding hydrogens is 450 g/mol. The van der Waals surface area contributed by atoms with Gasteiger partial charge in [-0.2, -0.15) is 0 Å². The number of rotatable bonds is 8. The van der Waals surface area contributed by atoms with Gasteiger partial charge in [0.05, 0.1) is 12.1 Å². The van der Waals surface area contributed by atoms with Gasteiger partial charge in [0.25, 0.3) is 0 Å². The average Bonchev–Trinajstić information content (AvgIpc) is 3.17. The summed E-state index contributed by atoms with van der Waals surface area (Å²) >= 11 is 0. The van der Waals surface area contributed by atoms with Gasteiger partial charge in [-0.05, 0) is 98.6 Å². The Balaban J connectivity index is 1.27. The van der Waals surface area contributed by atoms with Crippen LogP contribution >= 0.6 is 0 Å². The Morgan fingerprint density at radius 2 is 1.53 bits per heavy atom. The molecular formula is C30H33N3O3. The topological polar surface area (TPSA) is 77.8 Å². The van der Waals surface area contributed by atoms with Crippen LogP contribution in [-0.4, -0.2) is 46.3 Å². The molecule has 0 atom stereocenters. The van der Waals surface area contributed by atoms with Crippen LogP contribution in [-0.2, 0) is 0 Å². The Kier molecular flexibility index (Phi) is 7.52. The van der Waals surface area contributed by atoms with E-state index < -0.39 is 0 Å². The number of aromatic nitrogens is 1. The lowest BCUT2D eigenvalue weighted by atomic mass is 10.0. The fourth-order valence-electron chi connectivity index (χ4n) is 4.73. The van der Waals surface area contributed by atoms with Crippen LogP contribution in [0.15, 0.2) is 72.8 Å². The van der Waals surface area contributed by atoms with E-state index in [0.29, 0.717) is 12.4 Å². The van der Waals surface area contributed by atoms with Gasteiger partial charge in [-0.1, -0.05) is 25.0 Å². The van der Waals surface area contributed by atoms with E-state index in [1.807, 2.05) is 42.5 Å². The molecule has 6 heteroatoms. The molecule has 0 aliphatic carbocycles. The molecule has 0 radical (unpaired) electrons. The van der Waals surface area contributed by atoms with E-state index in [4.69, 9.17) is 9.72 Å². The predicted octanol–water partition coefficient (Wildman–Crippen LogP) is 6.70. The van der Waals surface area contributed by atoms with Crippen molar-refractivity contribution >= 4 is 22.4 Å². The van der Waals surface area contributed by atoms with Crippen molar-refractivity contribution in [1.29, 1.82) is 0 Å². The van der Waals surface area contributed by atoms with Crippen LogP contribution in [0.1, 0.15) is 32.1 Å². The average molecular weight is 484 g/mol. The van der Waals surface area contributed by atoms with Gasteiger partial charge in [-0.15, -0.1) is 0 Å². The maximum Gasteiger partial charge on any atom is 0.138 e. The molecule has 0 saturated carbocycles. The summed E-state index contributed by atoms with van der Waals surface area (Å²) in [6, 6.07) is 22.1. The number of pyridine rings is 1. The minimum absolute atomic E-state index is 0.198. The Labute approximate surface area is 212 Å². The van der Waals surface area contributed by atoms with E-state index in [1.165, 1.54) is 38.8 Å². The van der Waals surface area contributed by atoms with Crippen LogP contribution in [0, 0.1) is 0 Å². The molecule has 1 fully saturated rings. The molecule has 2 heterocycles. The molecule has 0 unspecified atom stereocenters. The van der Waals surface area contributed by atoms with Gasteiger partial charge in [0.2, 0.25) is 0 Å². The fraction of sp³-hybridized carbons (Fsp3) is 0.300. The van der Waals surface area contributed by atoms with E-state index in [1.54, 1.807) is 30.3 Å². The number of nitrogens with zero attached hydrogens (tertiary/aromatic N) is 2. The summed E-state index contributed by atoms with van der Waals surface area (Å²) < 4.78 is 5.99. The first-order valence-corrected chi connectivity index (χ1v) is 12.8. The zero-order valence-electron chi connectivity index (χ0n) is 20.5. The second-order valence-electron chi connectivity index (χ2n) is 9.42. The third kappa shape index (κ3) is 6.07. The van der Waals surface area contributed by atoms with Crippen molar-refractivity contribution in [2.24, 2.45) is 0 Å². The highest BCUT2D eigenvalue weighted by Crippen LogP contribution is 2.34. The quantitative estimate of drug-likeness (QED) is 0.242. The second-order valence-corrected chi connectivity index (χ2v) is 9.42. The van der Waals surface area contributed by atoms with Crippen molar-refractivity contribution in [1.82, 2.24) is 9.88 Å². The number of ether oxygens (including phenoxy) is 1. The lowest BCUT2D eigenvalue weighted by Crippen LogP contribution is -2.26. The minimum atomic E-state index is 0.198. The molecule has 0 amide bonds. The van der Waals surface area contributed by atoms with Gasteiger partial charge in [-0.3, -0.25) is 0 Å². The highest BCUT2D eigenvalue weighted by molar-refractivity contribution is 5.91. The summed E-state index contributed by atoms with van der Waals surface area (Å²) in [5, 5.41) is 23.9. The predicted molar refractivity (Wildman–Crippen MR) is 145 cm³/mol. The summed E-state index contributed by atoms with van der Waals surface area (Å²) in [4.78, 5) is 7.39. The normalized spacial score (nSPS) is 14.4. The summed E-state index contributed by atoms with van der Waals surface area (Å²) in [5.74, 6) is 1.97. The molecule has 5 rings (SSSR count). The van der Waals surface area contributed by atoms with Crippen LogP contribution in [0.5, 0.6) is 17.2 Å². The van der Waals surface area contributed by atoms with Gasteiger partial charge < -0.3 is 25.2 Å². The summed E-state index contributed by atoms with van der Waals surface area (Å²) in [7, 11) is 0. The number of benzene rings is 3. The number of anilines is 2. The standard InChI is InChI=1S/C30H33N3O3/c34-25-10-6-22(7-11-25)28-21-23-20-26(35)12-15-29(23)32-30(28)31-24-8-13-27(14-9-24)36-19-5-18-33-16-3-1-2-4-17-33/h6-15,20-21,34-35H,1-5,16-19H2,(H,31,32). The van der Waals surface area contributed by atoms with E-state index in [-0.39, 0.29) is 11.5 Å². The highest BCUT2D eigenvalue weighted by Gasteiger charge is 2.12. The van der Waals surface area contributed by atoms with Gasteiger partial charge in [0.15, 0.2) is 0 Å². The number of nitrogens with one attached hydrogen (secondary N) is 1. The van der Waals surface area contributed by atoms with Crippen LogP contribution < -0.4 is 10.1 Å². The molecule has 3 aromatic carbocycles. The first-order chi connectivity index (χ1) is 17.6. The fourth-order valence-corrected chi connectivity index (χ4v) is 4.73. The molecule has 1 aliphatic rings. The Hall–Kier alpha value is -3.77. The Morgan fingerprint density at radius 3 is 2.28 bits per heavy atom. The van der Waals surface area contributed by atoms with Crippen molar-refractivity contribution in [3.8, 4) is 28.4 Å². The number of aromatic hydroxyl groups is 2. The third-order valence-electron chi connectivity index (χ3n) is 6.68. The Bertz CT molecular complexity index is 1280. The Morgan fingerprint density at radius 1 is 0.806 bits per heavy atom. The molecule has 0 spiro atoms. The number of likely N-dealkylation sites (tertiary alicyclic amines) is 1. The second kappa shape index (κ2) is 11.3. The molecule has 0 bridgehead atoms. The smallest absolute Gasteiger partial charge is 0.138 e. The molecule has 3 N–H and O–H groups in total. The lowest BCUT2D eigenvalue weighted by Gasteiger charge is -2.19. The molecule has 6 nitrogen and oxygen atoms in total. The number of phenols is 2. The number of phenolic OH excluding ortho intramolecular Hbond substituents is 2. The first-order valence-electron chi connectivity index (χ1n) is 12.8. The van der Waals surface area contributed by atoms with Gasteiger partial charge in [0.1, 0.15) is 23.1 Å². The van der Waals surface area contributed by atoms with Gasteiger partial charge in [0, 0.05) is 23.2 Å². The van der Waals surface area contributed by atoms with Gasteiger partial charge >= 0.3 is 0 Å². The molecule has 1 aromatic heterocycles. The zero-order valence-corrected chi connectivity index (χ0v) is 20.5. The summed E-state index contributed by atoms with van der Waals surface area (Å²) in [5.41, 5.74) is 3.47. The van der Waals surface area contributed by atoms with Crippen molar-refractivity contribution in [3.05, 3.63) is 72.8 Å². The van der Waals surface area contributed by atoms with Crippen LogP contribution in [0.4, 0.5) is 11.5 Å². The first kappa shape index (κ1) is 23.9. The van der Waals surface area contributed by atoms with Crippen LogP contribution in [0.25, 0.3) is 22.0 Å². The summed E-state index contributed by atoms with van der Waals surface area (Å²) in [6.07, 6.45) is 6.40. The molecule has 1 aliphatic heterocycles. The van der Waals surface area contributed by atoms with E-state index >= 15 is 0 Å². The van der Waals surface area contributed by atoms with Crippen LogP contribution in [0.3, 0.4) is 0 Å². The molecule has 36 heavy (non-hydrogen) atoms. The SMILES string of the molecule is Oc1ccc(-c2cc3cc(O)ccc3nc2Nc2ccc(OCCCN3CCCCCC3)cc2)cc1. The molecule has 1 saturated heterocycles. The largest absolute Gasteiger partial charge is 0.508 e. The highest BCUT2D eigenvalue weighted by atomic mass is 16.5. The number of fused-ring (bicyclic) bond motifs is 1. The molecule has 4 aromatic rings. The zero-order chi connectivity index (χ0) is 24.7. The van der Waals surface area contributed by atoms with E-state index in [2.05, 4.69) is 10.2 Å². The van der Waals surface area contributed by atoms with Crippen molar-refractivity contribution in [2.45, 2.75) is 32.1 Å². The van der Waals surface area contributed by atoms with E-state index in [9.17, 15) is 10.2 Å². The number of hydrogen-bond acceptors (Lipinski definition) is 6. The van der Waals surface area contributed by atoms with Gasteiger partial charge in [-0.25, -0.2) is 4.98 Å². The van der Waals surface area contributed by atoms with Crippen LogP contribution in [0.2, 0.25) is 0 Å². The summed E-state index contributed by atoms with van der Waals surface area (Å²) in [6.45, 7) is 4.26. The maximum absolute atomic E-state index is 9.92. The van der Waals surface area contributed by atoms with Crippen molar-refractivity contribution in [3.63, 3.8) is 0 Å². The lowest BCUT2D eigenvalue weighted by molar-refractivity contribution is 0.240. The maximum atomic E-state index is 9.92.